The Bertz CT molecular complexity index is 499. The molecule has 1 N–H and O–H groups in total. The van der Waals surface area contributed by atoms with Crippen molar-refractivity contribution in [1.29, 1.82) is 0 Å². The van der Waals surface area contributed by atoms with E-state index < -0.39 is 0 Å². The van der Waals surface area contributed by atoms with Crippen molar-refractivity contribution in [2.45, 2.75) is 0 Å². The van der Waals surface area contributed by atoms with Gasteiger partial charge in [0.05, 0.1) is 0 Å². The number of hydrogen-bond donors (Lipinski definition) is 1. The summed E-state index contributed by atoms with van der Waals surface area (Å²) in [5.74, 6) is 0.237. The molecular weight excluding hydrogens is 294 g/mol. The van der Waals surface area contributed by atoms with Gasteiger partial charge in [0.2, 0.25) is 0 Å². The summed E-state index contributed by atoms with van der Waals surface area (Å²) in [6, 6.07) is 9.66. The summed E-state index contributed by atoms with van der Waals surface area (Å²) in [6.07, 6.45) is 0. The molecule has 0 unspecified atom stereocenters. The van der Waals surface area contributed by atoms with Crippen LogP contribution < -0.4 is 5.32 Å². The van der Waals surface area contributed by atoms with Crippen molar-refractivity contribution in [3.63, 3.8) is 0 Å². The number of nitrogens with one attached hydrogen (secondary N) is 1. The van der Waals surface area contributed by atoms with Gasteiger partial charge in [-0.25, -0.2) is 9.37 Å². The molecule has 82 valence electrons. The molecule has 1 aromatic carbocycles. The van der Waals surface area contributed by atoms with Crippen LogP contribution in [0.15, 0.2) is 41.0 Å². The zero-order valence-corrected chi connectivity index (χ0v) is 10.4. The summed E-state index contributed by atoms with van der Waals surface area (Å²) in [7, 11) is 0. The molecule has 0 aliphatic heterocycles. The van der Waals surface area contributed by atoms with Crippen LogP contribution in [0.2, 0.25) is 5.02 Å². The van der Waals surface area contributed by atoms with Gasteiger partial charge in [-0.2, -0.15) is 0 Å². The van der Waals surface area contributed by atoms with Gasteiger partial charge < -0.3 is 5.32 Å². The van der Waals surface area contributed by atoms with Gasteiger partial charge in [0.25, 0.3) is 0 Å². The SMILES string of the molecule is Fc1cc(Cl)cc(Nc2cccc(Br)n2)c1. The summed E-state index contributed by atoms with van der Waals surface area (Å²) >= 11 is 8.99. The van der Waals surface area contributed by atoms with Crippen molar-refractivity contribution in [1.82, 2.24) is 4.98 Å². The third-order valence-electron chi connectivity index (χ3n) is 1.85. The predicted molar refractivity (Wildman–Crippen MR) is 66.6 cm³/mol. The number of hydrogen-bond acceptors (Lipinski definition) is 2. The lowest BCUT2D eigenvalue weighted by Crippen LogP contribution is -1.94. The van der Waals surface area contributed by atoms with Gasteiger partial charge in [-0.3, -0.25) is 0 Å². The lowest BCUT2D eigenvalue weighted by Gasteiger charge is -2.06. The molecule has 0 bridgehead atoms. The number of benzene rings is 1. The maximum absolute atomic E-state index is 13.1. The Morgan fingerprint density at radius 2 is 2.06 bits per heavy atom. The van der Waals surface area contributed by atoms with Crippen LogP contribution in [0, 0.1) is 5.82 Å². The Hall–Kier alpha value is -1.13. The summed E-state index contributed by atoms with van der Waals surface area (Å²) in [6.45, 7) is 0. The van der Waals surface area contributed by atoms with E-state index in [1.54, 1.807) is 12.1 Å². The highest BCUT2D eigenvalue weighted by molar-refractivity contribution is 9.10. The average Bonchev–Trinajstić information content (AvgIpc) is 2.15. The first kappa shape index (κ1) is 11.4. The minimum Gasteiger partial charge on any atom is -0.340 e. The normalized spacial score (nSPS) is 10.2. The third kappa shape index (κ3) is 2.93. The zero-order valence-electron chi connectivity index (χ0n) is 8.05. The first-order valence-electron chi connectivity index (χ1n) is 4.49. The molecule has 0 amide bonds. The molecule has 0 fully saturated rings. The van der Waals surface area contributed by atoms with Crippen LogP contribution in [-0.4, -0.2) is 4.98 Å². The van der Waals surface area contributed by atoms with Crippen LogP contribution in [0.25, 0.3) is 0 Å². The smallest absolute Gasteiger partial charge is 0.131 e. The van der Waals surface area contributed by atoms with Gasteiger partial charge in [0.1, 0.15) is 16.2 Å². The molecule has 2 nitrogen and oxygen atoms in total. The summed E-state index contributed by atoms with van der Waals surface area (Å²) in [4.78, 5) is 4.17. The van der Waals surface area contributed by atoms with E-state index in [9.17, 15) is 4.39 Å². The highest BCUT2D eigenvalue weighted by Crippen LogP contribution is 2.21. The Kier molecular flexibility index (Phi) is 3.41. The van der Waals surface area contributed by atoms with E-state index in [0.29, 0.717) is 21.1 Å². The van der Waals surface area contributed by atoms with Crippen LogP contribution >= 0.6 is 27.5 Å². The highest BCUT2D eigenvalue weighted by atomic mass is 79.9. The van der Waals surface area contributed by atoms with Crippen molar-refractivity contribution in [2.24, 2.45) is 0 Å². The molecule has 2 aromatic rings. The van der Waals surface area contributed by atoms with E-state index in [1.165, 1.54) is 12.1 Å². The minimum absolute atomic E-state index is 0.345. The molecule has 0 saturated heterocycles. The molecule has 0 atom stereocenters. The standard InChI is InChI=1S/C11H7BrClFN2/c12-10-2-1-3-11(16-10)15-9-5-7(13)4-8(14)6-9/h1-6H,(H,15,16). The Morgan fingerprint density at radius 3 is 2.75 bits per heavy atom. The van der Waals surface area contributed by atoms with Crippen LogP contribution in [0.3, 0.4) is 0 Å². The second kappa shape index (κ2) is 4.80. The Morgan fingerprint density at radius 1 is 1.25 bits per heavy atom. The molecule has 0 spiro atoms. The molecule has 0 saturated carbocycles. The number of pyridine rings is 1. The van der Waals surface area contributed by atoms with Gasteiger partial charge in [-0.05, 0) is 46.3 Å². The summed E-state index contributed by atoms with van der Waals surface area (Å²) in [5, 5.41) is 3.31. The molecule has 1 aromatic heterocycles. The van der Waals surface area contributed by atoms with E-state index in [4.69, 9.17) is 11.6 Å². The molecule has 5 heteroatoms. The van der Waals surface area contributed by atoms with Crippen molar-refractivity contribution in [3.05, 3.63) is 51.8 Å². The molecule has 2 rings (SSSR count). The minimum atomic E-state index is -0.384. The van der Waals surface area contributed by atoms with E-state index in [1.807, 2.05) is 12.1 Å². The molecule has 1 heterocycles. The molecule has 0 radical (unpaired) electrons. The van der Waals surface area contributed by atoms with Crippen molar-refractivity contribution in [3.8, 4) is 0 Å². The Balaban J connectivity index is 2.27. The predicted octanol–water partition coefficient (Wildman–Crippen LogP) is 4.38. The lowest BCUT2D eigenvalue weighted by molar-refractivity contribution is 0.628. The summed E-state index contributed by atoms with van der Waals surface area (Å²) in [5.41, 5.74) is 0.565. The van der Waals surface area contributed by atoms with Crippen LogP contribution in [0.4, 0.5) is 15.9 Å². The number of anilines is 2. The van der Waals surface area contributed by atoms with Gasteiger partial charge in [0, 0.05) is 10.7 Å². The third-order valence-corrected chi connectivity index (χ3v) is 2.51. The highest BCUT2D eigenvalue weighted by Gasteiger charge is 2.01. The number of aromatic nitrogens is 1. The van der Waals surface area contributed by atoms with Crippen molar-refractivity contribution < 1.29 is 4.39 Å². The largest absolute Gasteiger partial charge is 0.340 e. The fraction of sp³-hybridized carbons (Fsp3) is 0. The van der Waals surface area contributed by atoms with Gasteiger partial charge >= 0.3 is 0 Å². The van der Waals surface area contributed by atoms with Gasteiger partial charge in [-0.15, -0.1) is 0 Å². The first-order chi connectivity index (χ1) is 7.63. The first-order valence-corrected chi connectivity index (χ1v) is 5.66. The van der Waals surface area contributed by atoms with E-state index in [2.05, 4.69) is 26.2 Å². The maximum atomic E-state index is 13.1. The second-order valence-electron chi connectivity index (χ2n) is 3.13. The van der Waals surface area contributed by atoms with E-state index in [-0.39, 0.29) is 5.82 Å². The molecule has 0 aliphatic carbocycles. The van der Waals surface area contributed by atoms with Crippen LogP contribution in [0.1, 0.15) is 0 Å². The second-order valence-corrected chi connectivity index (χ2v) is 4.38. The van der Waals surface area contributed by atoms with Gasteiger partial charge in [0.15, 0.2) is 0 Å². The van der Waals surface area contributed by atoms with E-state index in [0.717, 1.165) is 0 Å². The van der Waals surface area contributed by atoms with Crippen molar-refractivity contribution in [2.75, 3.05) is 5.32 Å². The van der Waals surface area contributed by atoms with Crippen LogP contribution in [-0.2, 0) is 0 Å². The van der Waals surface area contributed by atoms with Gasteiger partial charge in [-0.1, -0.05) is 17.7 Å². The zero-order chi connectivity index (χ0) is 11.5. The summed E-state index contributed by atoms with van der Waals surface area (Å²) < 4.78 is 13.8. The monoisotopic (exact) mass is 300 g/mol. The van der Waals surface area contributed by atoms with Crippen molar-refractivity contribution >= 4 is 39.0 Å². The van der Waals surface area contributed by atoms with E-state index >= 15 is 0 Å². The number of rotatable bonds is 2. The topological polar surface area (TPSA) is 24.9 Å². The number of halogens is 3. The Labute approximate surface area is 106 Å². The number of nitrogens with zero attached hydrogens (tertiary/aromatic N) is 1. The average molecular weight is 302 g/mol. The fourth-order valence-corrected chi connectivity index (χ4v) is 1.82. The molecular formula is C11H7BrClFN2. The fourth-order valence-electron chi connectivity index (χ4n) is 1.25. The molecule has 16 heavy (non-hydrogen) atoms. The lowest BCUT2D eigenvalue weighted by atomic mass is 10.3. The molecule has 0 aliphatic rings. The quantitative estimate of drug-likeness (QED) is 0.833. The van der Waals surface area contributed by atoms with Crippen LogP contribution in [0.5, 0.6) is 0 Å². The maximum Gasteiger partial charge on any atom is 0.131 e.